The molecule has 1 aromatic rings. The minimum Gasteiger partial charge on any atom is -0.399 e. The Morgan fingerprint density at radius 1 is 1.42 bits per heavy atom. The molecule has 0 aromatic heterocycles. The van der Waals surface area contributed by atoms with E-state index in [9.17, 15) is 13.5 Å². The number of rotatable bonds is 4. The molecule has 106 valence electrons. The van der Waals surface area contributed by atoms with Gasteiger partial charge in [0.15, 0.2) is 0 Å². The molecular formula is C12H17ClN2O3S. The van der Waals surface area contributed by atoms with Crippen LogP contribution in [0.25, 0.3) is 0 Å². The van der Waals surface area contributed by atoms with Crippen LogP contribution < -0.4 is 10.5 Å². The molecule has 0 aliphatic heterocycles. The highest BCUT2D eigenvalue weighted by molar-refractivity contribution is 7.89. The van der Waals surface area contributed by atoms with Crippen LogP contribution >= 0.6 is 11.6 Å². The van der Waals surface area contributed by atoms with Gasteiger partial charge >= 0.3 is 0 Å². The quantitative estimate of drug-likeness (QED) is 0.732. The minimum absolute atomic E-state index is 0.0100. The lowest BCUT2D eigenvalue weighted by Gasteiger charge is -2.15. The highest BCUT2D eigenvalue weighted by Crippen LogP contribution is 2.27. The summed E-state index contributed by atoms with van der Waals surface area (Å²) in [4.78, 5) is 0.0100. The lowest BCUT2D eigenvalue weighted by molar-refractivity contribution is 0.134. The van der Waals surface area contributed by atoms with Crippen LogP contribution in [0.1, 0.15) is 19.3 Å². The number of anilines is 1. The van der Waals surface area contributed by atoms with Crippen LogP contribution in [0.3, 0.4) is 0 Å². The van der Waals surface area contributed by atoms with Gasteiger partial charge in [0.05, 0.1) is 11.1 Å². The van der Waals surface area contributed by atoms with Gasteiger partial charge in [0.25, 0.3) is 0 Å². The van der Waals surface area contributed by atoms with Crippen LogP contribution in [0.15, 0.2) is 23.1 Å². The van der Waals surface area contributed by atoms with E-state index in [1.165, 1.54) is 18.2 Å². The molecule has 0 saturated heterocycles. The third-order valence-corrected chi connectivity index (χ3v) is 5.31. The molecule has 0 spiro atoms. The van der Waals surface area contributed by atoms with E-state index in [1.807, 2.05) is 0 Å². The van der Waals surface area contributed by atoms with Crippen molar-refractivity contribution in [1.82, 2.24) is 4.72 Å². The summed E-state index contributed by atoms with van der Waals surface area (Å²) >= 11 is 5.89. The molecule has 1 saturated carbocycles. The summed E-state index contributed by atoms with van der Waals surface area (Å²) in [7, 11) is -3.67. The molecule has 1 aliphatic carbocycles. The van der Waals surface area contributed by atoms with Crippen molar-refractivity contribution in [2.45, 2.75) is 30.3 Å². The number of benzene rings is 1. The van der Waals surface area contributed by atoms with E-state index >= 15 is 0 Å². The molecule has 1 fully saturated rings. The molecule has 2 atom stereocenters. The molecule has 1 aromatic carbocycles. The van der Waals surface area contributed by atoms with Gasteiger partial charge in [-0.15, -0.1) is 0 Å². The number of hydrogen-bond acceptors (Lipinski definition) is 4. The minimum atomic E-state index is -3.67. The highest BCUT2D eigenvalue weighted by atomic mass is 35.5. The van der Waals surface area contributed by atoms with Crippen molar-refractivity contribution in [2.24, 2.45) is 5.92 Å². The summed E-state index contributed by atoms with van der Waals surface area (Å²) in [6.07, 6.45) is 2.06. The lowest BCUT2D eigenvalue weighted by atomic mass is 10.1. The number of aliphatic hydroxyl groups excluding tert-OH is 1. The van der Waals surface area contributed by atoms with Gasteiger partial charge in [0.1, 0.15) is 4.90 Å². The number of nitrogens with two attached hydrogens (primary N) is 1. The molecular weight excluding hydrogens is 288 g/mol. The van der Waals surface area contributed by atoms with Crippen molar-refractivity contribution in [3.63, 3.8) is 0 Å². The summed E-state index contributed by atoms with van der Waals surface area (Å²) in [5.74, 6) is -0.0256. The van der Waals surface area contributed by atoms with E-state index in [0.717, 1.165) is 19.3 Å². The molecule has 19 heavy (non-hydrogen) atoms. The zero-order chi connectivity index (χ0) is 14.0. The number of halogens is 1. The second kappa shape index (κ2) is 5.66. The second-order valence-corrected chi connectivity index (χ2v) is 6.94. The first-order chi connectivity index (χ1) is 8.90. The van der Waals surface area contributed by atoms with E-state index in [-0.39, 0.29) is 22.4 Å². The van der Waals surface area contributed by atoms with E-state index in [2.05, 4.69) is 4.72 Å². The average Bonchev–Trinajstić information content (AvgIpc) is 2.72. The monoisotopic (exact) mass is 304 g/mol. The van der Waals surface area contributed by atoms with Crippen LogP contribution in [0.5, 0.6) is 0 Å². The van der Waals surface area contributed by atoms with Crippen molar-refractivity contribution < 1.29 is 13.5 Å². The van der Waals surface area contributed by atoms with Gasteiger partial charge in [-0.3, -0.25) is 0 Å². The predicted octanol–water partition coefficient (Wildman–Crippen LogP) is 1.36. The van der Waals surface area contributed by atoms with E-state index in [4.69, 9.17) is 17.3 Å². The number of aliphatic hydroxyl groups is 1. The van der Waals surface area contributed by atoms with Crippen molar-refractivity contribution in [2.75, 3.05) is 12.3 Å². The Morgan fingerprint density at radius 2 is 2.16 bits per heavy atom. The van der Waals surface area contributed by atoms with Gasteiger partial charge in [-0.1, -0.05) is 18.0 Å². The summed E-state index contributed by atoms with van der Waals surface area (Å²) in [5, 5.41) is 9.77. The van der Waals surface area contributed by atoms with Gasteiger partial charge in [-0.05, 0) is 37.0 Å². The van der Waals surface area contributed by atoms with Crippen molar-refractivity contribution in [3.8, 4) is 0 Å². The summed E-state index contributed by atoms with van der Waals surface area (Å²) in [6.45, 7) is 0.226. The Balaban J connectivity index is 2.09. The van der Waals surface area contributed by atoms with Crippen LogP contribution in [0, 0.1) is 5.92 Å². The van der Waals surface area contributed by atoms with Gasteiger partial charge in [-0.2, -0.15) is 0 Å². The zero-order valence-electron chi connectivity index (χ0n) is 10.3. The van der Waals surface area contributed by atoms with Crippen LogP contribution in [-0.4, -0.2) is 26.2 Å². The van der Waals surface area contributed by atoms with Crippen molar-refractivity contribution in [3.05, 3.63) is 23.2 Å². The first kappa shape index (κ1) is 14.6. The van der Waals surface area contributed by atoms with E-state index < -0.39 is 16.1 Å². The van der Waals surface area contributed by atoms with Gasteiger partial charge in [0, 0.05) is 12.2 Å². The fraction of sp³-hybridized carbons (Fsp3) is 0.500. The highest BCUT2D eigenvalue weighted by Gasteiger charge is 2.27. The maximum Gasteiger partial charge on any atom is 0.242 e. The average molecular weight is 305 g/mol. The molecule has 1 aliphatic rings. The zero-order valence-corrected chi connectivity index (χ0v) is 11.9. The largest absolute Gasteiger partial charge is 0.399 e. The summed E-state index contributed by atoms with van der Waals surface area (Å²) in [5.41, 5.74) is 5.94. The molecule has 0 heterocycles. The van der Waals surface area contributed by atoms with Crippen LogP contribution in [0.2, 0.25) is 5.02 Å². The molecule has 2 unspecified atom stereocenters. The smallest absolute Gasteiger partial charge is 0.242 e. The molecule has 5 nitrogen and oxygen atoms in total. The third kappa shape index (κ3) is 3.39. The molecule has 0 amide bonds. The Labute approximate surface area is 117 Å². The van der Waals surface area contributed by atoms with E-state index in [1.54, 1.807) is 0 Å². The fourth-order valence-electron chi connectivity index (χ4n) is 2.28. The Morgan fingerprint density at radius 3 is 2.74 bits per heavy atom. The third-order valence-electron chi connectivity index (χ3n) is 3.40. The molecule has 4 N–H and O–H groups in total. The number of hydrogen-bond donors (Lipinski definition) is 3. The first-order valence-electron chi connectivity index (χ1n) is 6.13. The summed E-state index contributed by atoms with van der Waals surface area (Å²) < 4.78 is 26.7. The number of nitrogens with one attached hydrogen (secondary N) is 1. The maximum absolute atomic E-state index is 12.1. The van der Waals surface area contributed by atoms with Crippen LogP contribution in [0.4, 0.5) is 5.69 Å². The lowest BCUT2D eigenvalue weighted by Crippen LogP contribution is -2.32. The molecule has 2 rings (SSSR count). The van der Waals surface area contributed by atoms with Gasteiger partial charge < -0.3 is 10.8 Å². The van der Waals surface area contributed by atoms with E-state index in [0.29, 0.717) is 5.69 Å². The SMILES string of the molecule is Nc1ccc(S(=O)(=O)NCC2CCCC2O)c(Cl)c1. The molecule has 0 radical (unpaired) electrons. The number of sulfonamides is 1. The molecule has 0 bridgehead atoms. The first-order valence-corrected chi connectivity index (χ1v) is 7.99. The van der Waals surface area contributed by atoms with Crippen LogP contribution in [-0.2, 0) is 10.0 Å². The predicted molar refractivity (Wildman–Crippen MR) is 74.4 cm³/mol. The standard InChI is InChI=1S/C12H17ClN2O3S/c13-10-6-9(14)4-5-12(10)19(17,18)15-7-8-2-1-3-11(8)16/h4-6,8,11,15-16H,1-3,7,14H2. The molecule has 7 heteroatoms. The Kier molecular flexibility index (Phi) is 4.35. The Hall–Kier alpha value is -0.820. The number of nitrogen functional groups attached to an aromatic ring is 1. The second-order valence-electron chi connectivity index (χ2n) is 4.80. The fourth-order valence-corrected chi connectivity index (χ4v) is 3.93. The topological polar surface area (TPSA) is 92.4 Å². The normalized spacial score (nSPS) is 23.7. The maximum atomic E-state index is 12.1. The van der Waals surface area contributed by atoms with Gasteiger partial charge in [0.2, 0.25) is 10.0 Å². The summed E-state index contributed by atoms with van der Waals surface area (Å²) in [6, 6.07) is 4.27. The van der Waals surface area contributed by atoms with Crippen molar-refractivity contribution >= 4 is 27.3 Å². The van der Waals surface area contributed by atoms with Crippen molar-refractivity contribution in [1.29, 1.82) is 0 Å². The Bertz CT molecular complexity index is 562. The van der Waals surface area contributed by atoms with Gasteiger partial charge in [-0.25, -0.2) is 13.1 Å².